The van der Waals surface area contributed by atoms with Crippen LogP contribution in [0.15, 0.2) is 78.9 Å². The predicted molar refractivity (Wildman–Crippen MR) is 110 cm³/mol. The second kappa shape index (κ2) is 8.83. The van der Waals surface area contributed by atoms with Crippen molar-refractivity contribution in [3.8, 4) is 34.3 Å². The molecule has 4 N–H and O–H groups in total. The van der Waals surface area contributed by atoms with Crippen molar-refractivity contribution in [3.05, 3.63) is 83.9 Å². The fourth-order valence-electron chi connectivity index (χ4n) is 2.37. The summed E-state index contributed by atoms with van der Waals surface area (Å²) < 4.78 is 0. The standard InChI is InChI=1S/C15H12N4O2.C6H5Cl/c16-15-18-13(9-5-1-3-7-11(9)20)17-14(19-15)10-6-2-4-8-12(10)21;7-6-4-2-1-3-5-6/h1-8,20-21H,(H2,16,17,18,19);1-5H. The normalized spacial score (nSPS) is 10.0. The second-order valence-electron chi connectivity index (χ2n) is 5.67. The van der Waals surface area contributed by atoms with Crippen LogP contribution in [-0.4, -0.2) is 25.2 Å². The minimum Gasteiger partial charge on any atom is -0.507 e. The summed E-state index contributed by atoms with van der Waals surface area (Å²) in [6, 6.07) is 22.8. The zero-order chi connectivity index (χ0) is 19.9. The topological polar surface area (TPSA) is 105 Å². The first kappa shape index (κ1) is 19.1. The molecule has 1 heterocycles. The maximum atomic E-state index is 9.88. The van der Waals surface area contributed by atoms with E-state index >= 15 is 0 Å². The molecule has 0 amide bonds. The molecule has 4 aromatic rings. The molecule has 0 bridgehead atoms. The summed E-state index contributed by atoms with van der Waals surface area (Å²) in [5.74, 6) is 0.608. The van der Waals surface area contributed by atoms with Crippen LogP contribution in [0.25, 0.3) is 22.8 Å². The first-order chi connectivity index (χ1) is 13.5. The van der Waals surface area contributed by atoms with Crippen LogP contribution in [0.5, 0.6) is 11.5 Å². The Hall–Kier alpha value is -3.64. The van der Waals surface area contributed by atoms with Gasteiger partial charge in [-0.05, 0) is 36.4 Å². The van der Waals surface area contributed by atoms with Gasteiger partial charge in [0.25, 0.3) is 0 Å². The van der Waals surface area contributed by atoms with E-state index in [1.54, 1.807) is 36.4 Å². The van der Waals surface area contributed by atoms with Crippen LogP contribution in [-0.2, 0) is 0 Å². The lowest BCUT2D eigenvalue weighted by molar-refractivity contribution is 0.477. The van der Waals surface area contributed by atoms with Crippen molar-refractivity contribution >= 4 is 17.5 Å². The second-order valence-corrected chi connectivity index (χ2v) is 6.11. The van der Waals surface area contributed by atoms with Crippen molar-refractivity contribution in [2.24, 2.45) is 0 Å². The van der Waals surface area contributed by atoms with Crippen LogP contribution in [0.1, 0.15) is 0 Å². The molecule has 0 atom stereocenters. The van der Waals surface area contributed by atoms with Crippen molar-refractivity contribution in [2.45, 2.75) is 0 Å². The number of halogens is 1. The van der Waals surface area contributed by atoms with E-state index < -0.39 is 0 Å². The minimum atomic E-state index is 0.0153. The number of nitrogen functional groups attached to an aromatic ring is 1. The van der Waals surface area contributed by atoms with E-state index in [2.05, 4.69) is 15.0 Å². The fourth-order valence-corrected chi connectivity index (χ4v) is 2.52. The number of anilines is 1. The van der Waals surface area contributed by atoms with Gasteiger partial charge in [0, 0.05) is 5.02 Å². The van der Waals surface area contributed by atoms with Gasteiger partial charge in [-0.2, -0.15) is 9.97 Å². The zero-order valence-electron chi connectivity index (χ0n) is 14.7. The van der Waals surface area contributed by atoms with Gasteiger partial charge in [-0.3, -0.25) is 0 Å². The third-order valence-electron chi connectivity index (χ3n) is 3.68. The molecule has 28 heavy (non-hydrogen) atoms. The molecule has 0 unspecified atom stereocenters. The van der Waals surface area contributed by atoms with E-state index in [0.29, 0.717) is 11.1 Å². The van der Waals surface area contributed by atoms with Crippen molar-refractivity contribution in [1.29, 1.82) is 0 Å². The molecule has 3 aromatic carbocycles. The number of rotatable bonds is 2. The summed E-state index contributed by atoms with van der Waals surface area (Å²) in [4.78, 5) is 12.3. The van der Waals surface area contributed by atoms with E-state index in [1.807, 2.05) is 30.3 Å². The number of hydrogen-bond donors (Lipinski definition) is 3. The molecular formula is C21H17ClN4O2. The van der Waals surface area contributed by atoms with Gasteiger partial charge in [0.2, 0.25) is 5.95 Å². The lowest BCUT2D eigenvalue weighted by Crippen LogP contribution is -2.02. The van der Waals surface area contributed by atoms with Gasteiger partial charge in [0.15, 0.2) is 11.6 Å². The van der Waals surface area contributed by atoms with E-state index in [-0.39, 0.29) is 29.1 Å². The van der Waals surface area contributed by atoms with Crippen molar-refractivity contribution in [1.82, 2.24) is 15.0 Å². The lowest BCUT2D eigenvalue weighted by Gasteiger charge is -2.07. The predicted octanol–water partition coefficient (Wildman–Crippen LogP) is 4.54. The number of hydrogen-bond acceptors (Lipinski definition) is 6. The zero-order valence-corrected chi connectivity index (χ0v) is 15.5. The van der Waals surface area contributed by atoms with Crippen LogP contribution in [0.4, 0.5) is 5.95 Å². The van der Waals surface area contributed by atoms with Gasteiger partial charge in [-0.25, -0.2) is 4.98 Å². The smallest absolute Gasteiger partial charge is 0.224 e. The molecule has 0 saturated heterocycles. The monoisotopic (exact) mass is 392 g/mol. The van der Waals surface area contributed by atoms with Crippen molar-refractivity contribution in [3.63, 3.8) is 0 Å². The molecule has 0 aliphatic carbocycles. The Kier molecular flexibility index (Phi) is 6.04. The molecule has 0 aliphatic heterocycles. The van der Waals surface area contributed by atoms with Crippen LogP contribution in [0, 0.1) is 0 Å². The van der Waals surface area contributed by atoms with Crippen LogP contribution >= 0.6 is 11.6 Å². The quantitative estimate of drug-likeness (QED) is 0.462. The van der Waals surface area contributed by atoms with Gasteiger partial charge in [0.05, 0.1) is 11.1 Å². The molecule has 0 spiro atoms. The van der Waals surface area contributed by atoms with Gasteiger partial charge in [-0.1, -0.05) is 54.1 Å². The first-order valence-electron chi connectivity index (χ1n) is 8.33. The maximum absolute atomic E-state index is 9.88. The third-order valence-corrected chi connectivity index (χ3v) is 3.93. The lowest BCUT2D eigenvalue weighted by atomic mass is 10.1. The highest BCUT2D eigenvalue weighted by atomic mass is 35.5. The Labute approximate surface area is 166 Å². The number of para-hydroxylation sites is 2. The van der Waals surface area contributed by atoms with E-state index in [4.69, 9.17) is 17.3 Å². The van der Waals surface area contributed by atoms with Crippen LogP contribution < -0.4 is 5.73 Å². The van der Waals surface area contributed by atoms with E-state index in [1.165, 1.54) is 12.1 Å². The molecule has 0 radical (unpaired) electrons. The molecule has 1 aromatic heterocycles. The molecule has 140 valence electrons. The first-order valence-corrected chi connectivity index (χ1v) is 8.71. The number of phenolic OH excluding ortho intramolecular Hbond substituents is 2. The molecule has 0 saturated carbocycles. The number of phenols is 2. The highest BCUT2D eigenvalue weighted by Crippen LogP contribution is 2.30. The molecular weight excluding hydrogens is 376 g/mol. The summed E-state index contributed by atoms with van der Waals surface area (Å²) >= 11 is 5.54. The third kappa shape index (κ3) is 4.75. The fraction of sp³-hybridized carbons (Fsp3) is 0. The largest absolute Gasteiger partial charge is 0.507 e. The Morgan fingerprint density at radius 3 is 1.43 bits per heavy atom. The summed E-state index contributed by atoms with van der Waals surface area (Å²) in [7, 11) is 0. The Morgan fingerprint density at radius 2 is 1.04 bits per heavy atom. The summed E-state index contributed by atoms with van der Waals surface area (Å²) in [6.07, 6.45) is 0. The molecule has 4 rings (SSSR count). The molecule has 6 nitrogen and oxygen atoms in total. The average Bonchev–Trinajstić information content (AvgIpc) is 2.69. The van der Waals surface area contributed by atoms with Gasteiger partial charge in [0.1, 0.15) is 11.5 Å². The Bertz CT molecular complexity index is 1010. The molecule has 0 aliphatic rings. The summed E-state index contributed by atoms with van der Waals surface area (Å²) in [5, 5.41) is 20.6. The maximum Gasteiger partial charge on any atom is 0.224 e. The number of nitrogens with two attached hydrogens (primary N) is 1. The van der Waals surface area contributed by atoms with Crippen LogP contribution in [0.3, 0.4) is 0 Å². The van der Waals surface area contributed by atoms with E-state index in [9.17, 15) is 10.2 Å². The highest BCUT2D eigenvalue weighted by molar-refractivity contribution is 6.30. The van der Waals surface area contributed by atoms with Gasteiger partial charge < -0.3 is 15.9 Å². The van der Waals surface area contributed by atoms with Gasteiger partial charge >= 0.3 is 0 Å². The summed E-state index contributed by atoms with van der Waals surface area (Å²) in [5.41, 5.74) is 6.60. The highest BCUT2D eigenvalue weighted by Gasteiger charge is 2.13. The SMILES string of the molecule is Clc1ccccc1.Nc1nc(-c2ccccc2O)nc(-c2ccccc2O)n1. The molecule has 0 fully saturated rings. The molecule has 7 heteroatoms. The van der Waals surface area contributed by atoms with Crippen molar-refractivity contribution in [2.75, 3.05) is 5.73 Å². The number of nitrogens with zero attached hydrogens (tertiary/aromatic N) is 3. The Balaban J connectivity index is 0.000000271. The summed E-state index contributed by atoms with van der Waals surface area (Å²) in [6.45, 7) is 0. The van der Waals surface area contributed by atoms with Crippen molar-refractivity contribution < 1.29 is 10.2 Å². The number of aromatic hydroxyl groups is 2. The average molecular weight is 393 g/mol. The van der Waals surface area contributed by atoms with Crippen LogP contribution in [0.2, 0.25) is 5.02 Å². The minimum absolute atomic E-state index is 0.0153. The number of aromatic nitrogens is 3. The van der Waals surface area contributed by atoms with E-state index in [0.717, 1.165) is 5.02 Å². The van der Waals surface area contributed by atoms with Gasteiger partial charge in [-0.15, -0.1) is 0 Å². The Morgan fingerprint density at radius 1 is 0.607 bits per heavy atom. The number of benzene rings is 3.